The zero-order valence-electron chi connectivity index (χ0n) is 14.1. The number of ketones is 1. The average Bonchev–Trinajstić information content (AvgIpc) is 3.21. The average molecular weight is 353 g/mol. The van der Waals surface area contributed by atoms with Crippen molar-refractivity contribution in [2.75, 3.05) is 13.1 Å². The van der Waals surface area contributed by atoms with Gasteiger partial charge in [0.05, 0.1) is 12.7 Å². The zero-order valence-corrected chi connectivity index (χ0v) is 14.1. The summed E-state index contributed by atoms with van der Waals surface area (Å²) in [6.45, 7) is 1.38. The molecular weight excluding hydrogens is 334 g/mol. The fourth-order valence-electron chi connectivity index (χ4n) is 3.81. The largest absolute Gasteiger partial charge is 0.467 e. The van der Waals surface area contributed by atoms with Gasteiger partial charge in [-0.05, 0) is 18.6 Å². The van der Waals surface area contributed by atoms with Crippen LogP contribution in [-0.2, 0) is 0 Å². The van der Waals surface area contributed by atoms with Gasteiger partial charge in [-0.1, -0.05) is 30.3 Å². The second-order valence-corrected chi connectivity index (χ2v) is 6.51. The molecule has 0 spiro atoms. The minimum absolute atomic E-state index is 0.0743. The Morgan fingerprint density at radius 3 is 2.73 bits per heavy atom. The second kappa shape index (κ2) is 6.67. The van der Waals surface area contributed by atoms with Gasteiger partial charge >= 0.3 is 0 Å². The summed E-state index contributed by atoms with van der Waals surface area (Å²) >= 11 is 0. The first-order valence-electron chi connectivity index (χ1n) is 8.67. The van der Waals surface area contributed by atoms with Crippen LogP contribution in [0.25, 0.3) is 0 Å². The monoisotopic (exact) mass is 353 g/mol. The first-order valence-corrected chi connectivity index (χ1v) is 8.67. The van der Waals surface area contributed by atoms with Crippen molar-refractivity contribution in [1.29, 1.82) is 0 Å². The van der Waals surface area contributed by atoms with Crippen LogP contribution in [0, 0.1) is 10.1 Å². The quantitative estimate of drug-likeness (QED) is 0.516. The zero-order chi connectivity index (χ0) is 18.1. The topological polar surface area (TPSA) is 88.6 Å². The highest BCUT2D eigenvalue weighted by atomic mass is 16.6. The number of nitro groups is 1. The lowest BCUT2D eigenvalue weighted by molar-refractivity contribution is -0.532. The van der Waals surface area contributed by atoms with E-state index in [4.69, 9.17) is 4.42 Å². The molecule has 4 rings (SSSR count). The predicted molar refractivity (Wildman–Crippen MR) is 94.0 cm³/mol. The predicted octanol–water partition coefficient (Wildman–Crippen LogP) is 2.76. The van der Waals surface area contributed by atoms with Crippen LogP contribution in [0.3, 0.4) is 0 Å². The molecule has 1 fully saturated rings. The number of hydrogen-bond donors (Lipinski definition) is 1. The maximum absolute atomic E-state index is 13.0. The summed E-state index contributed by atoms with van der Waals surface area (Å²) in [5.74, 6) is 1.09. The third-order valence-corrected chi connectivity index (χ3v) is 4.97. The Morgan fingerprint density at radius 2 is 2.04 bits per heavy atom. The van der Waals surface area contributed by atoms with E-state index in [9.17, 15) is 14.9 Å². The molecule has 7 nitrogen and oxygen atoms in total. The lowest BCUT2D eigenvalue weighted by atomic mass is 9.87. The van der Waals surface area contributed by atoms with Gasteiger partial charge in [0.2, 0.25) is 6.04 Å². The van der Waals surface area contributed by atoms with Gasteiger partial charge < -0.3 is 14.6 Å². The van der Waals surface area contributed by atoms with Crippen LogP contribution in [0.4, 0.5) is 0 Å². The molecule has 7 heteroatoms. The Labute approximate surface area is 150 Å². The van der Waals surface area contributed by atoms with E-state index in [0.29, 0.717) is 29.3 Å². The van der Waals surface area contributed by atoms with E-state index in [-0.39, 0.29) is 17.1 Å². The maximum Gasteiger partial charge on any atom is 0.244 e. The van der Waals surface area contributed by atoms with Gasteiger partial charge in [0.1, 0.15) is 11.6 Å². The van der Waals surface area contributed by atoms with Gasteiger partial charge in [-0.3, -0.25) is 14.9 Å². The Morgan fingerprint density at radius 1 is 1.23 bits per heavy atom. The van der Waals surface area contributed by atoms with Crippen molar-refractivity contribution in [2.24, 2.45) is 0 Å². The third-order valence-electron chi connectivity index (χ3n) is 4.97. The Bertz CT molecular complexity index is 845. The molecular formula is C19H19N3O4. The van der Waals surface area contributed by atoms with Crippen molar-refractivity contribution < 1.29 is 14.1 Å². The fraction of sp³-hybridized carbons (Fsp3) is 0.316. The molecule has 26 heavy (non-hydrogen) atoms. The van der Waals surface area contributed by atoms with Crippen LogP contribution >= 0.6 is 0 Å². The minimum Gasteiger partial charge on any atom is -0.467 e. The highest BCUT2D eigenvalue weighted by Crippen LogP contribution is 2.39. The summed E-state index contributed by atoms with van der Waals surface area (Å²) in [6, 6.07) is 10.9. The van der Waals surface area contributed by atoms with E-state index in [1.165, 1.54) is 6.26 Å². The van der Waals surface area contributed by atoms with Gasteiger partial charge in [0.25, 0.3) is 0 Å². The van der Waals surface area contributed by atoms with Gasteiger partial charge in [0.15, 0.2) is 11.8 Å². The van der Waals surface area contributed by atoms with Gasteiger partial charge in [-0.25, -0.2) is 0 Å². The van der Waals surface area contributed by atoms with E-state index in [1.54, 1.807) is 36.4 Å². The molecule has 1 N–H and O–H groups in total. The Balaban J connectivity index is 1.80. The number of fused-ring (bicyclic) bond motifs is 1. The third kappa shape index (κ3) is 2.75. The van der Waals surface area contributed by atoms with Crippen molar-refractivity contribution in [1.82, 2.24) is 10.2 Å². The van der Waals surface area contributed by atoms with Crippen LogP contribution < -0.4 is 5.32 Å². The van der Waals surface area contributed by atoms with E-state index in [2.05, 4.69) is 5.32 Å². The van der Waals surface area contributed by atoms with Crippen molar-refractivity contribution >= 4 is 5.78 Å². The van der Waals surface area contributed by atoms with E-state index in [1.807, 2.05) is 11.0 Å². The fourth-order valence-corrected chi connectivity index (χ4v) is 3.81. The Kier molecular flexibility index (Phi) is 4.20. The summed E-state index contributed by atoms with van der Waals surface area (Å²) in [6.07, 6.45) is 2.45. The molecule has 2 atom stereocenters. The maximum atomic E-state index is 13.0. The highest BCUT2D eigenvalue weighted by molar-refractivity contribution is 6.09. The number of furan rings is 1. The van der Waals surface area contributed by atoms with E-state index >= 15 is 0 Å². The summed E-state index contributed by atoms with van der Waals surface area (Å²) in [5, 5.41) is 15.1. The number of rotatable bonds is 4. The lowest BCUT2D eigenvalue weighted by Crippen LogP contribution is -2.51. The molecule has 0 bridgehead atoms. The van der Waals surface area contributed by atoms with Crippen LogP contribution in [0.5, 0.6) is 0 Å². The van der Waals surface area contributed by atoms with E-state index in [0.717, 1.165) is 13.0 Å². The summed E-state index contributed by atoms with van der Waals surface area (Å²) < 4.78 is 5.50. The van der Waals surface area contributed by atoms with Crippen molar-refractivity contribution in [3.8, 4) is 0 Å². The molecule has 0 radical (unpaired) electrons. The van der Waals surface area contributed by atoms with Crippen LogP contribution in [0.15, 0.2) is 64.5 Å². The molecule has 0 aliphatic carbocycles. The molecule has 0 amide bonds. The van der Waals surface area contributed by atoms with Gasteiger partial charge in [-0.15, -0.1) is 0 Å². The molecule has 1 aromatic carbocycles. The highest BCUT2D eigenvalue weighted by Gasteiger charge is 2.47. The SMILES string of the molecule is O=C(C1=C2NCCCN2[C@@H](c2ccco2)[C@H]([N+](=O)[O-])C1)c1ccccc1. The molecule has 134 valence electrons. The molecule has 3 heterocycles. The normalized spacial score (nSPS) is 22.5. The summed E-state index contributed by atoms with van der Waals surface area (Å²) in [7, 11) is 0. The number of carbonyl (C=O) groups excluding carboxylic acids is 1. The smallest absolute Gasteiger partial charge is 0.244 e. The first kappa shape index (κ1) is 16.4. The number of nitrogens with zero attached hydrogens (tertiary/aromatic N) is 2. The first-order chi connectivity index (χ1) is 12.7. The minimum atomic E-state index is -0.938. The standard InChI is InChI=1S/C19H19N3O4/c23-18(13-6-2-1-3-7-13)14-12-15(22(24)25)17(16-8-4-11-26-16)21-10-5-9-20-19(14)21/h1-4,6-8,11,15,17,20H,5,9-10,12H2/t15-,17-/m1/s1. The van der Waals surface area contributed by atoms with E-state index < -0.39 is 12.1 Å². The van der Waals surface area contributed by atoms with Crippen LogP contribution in [-0.4, -0.2) is 34.7 Å². The van der Waals surface area contributed by atoms with Gasteiger partial charge in [-0.2, -0.15) is 0 Å². The molecule has 2 aliphatic rings. The summed E-state index contributed by atoms with van der Waals surface area (Å²) in [4.78, 5) is 26.5. The number of Topliss-reactive ketones (excluding diaryl/α,β-unsaturated/α-hetero) is 1. The number of nitrogens with one attached hydrogen (secondary N) is 1. The lowest BCUT2D eigenvalue weighted by Gasteiger charge is -2.43. The van der Waals surface area contributed by atoms with Crippen molar-refractivity contribution in [3.05, 3.63) is 81.6 Å². The number of carbonyl (C=O) groups is 1. The second-order valence-electron chi connectivity index (χ2n) is 6.51. The number of benzene rings is 1. The molecule has 0 saturated carbocycles. The molecule has 2 aromatic rings. The van der Waals surface area contributed by atoms with Crippen LogP contribution in [0.1, 0.15) is 35.0 Å². The van der Waals surface area contributed by atoms with Gasteiger partial charge in [0, 0.05) is 29.1 Å². The van der Waals surface area contributed by atoms with Crippen molar-refractivity contribution in [3.63, 3.8) is 0 Å². The number of hydrogen-bond acceptors (Lipinski definition) is 6. The van der Waals surface area contributed by atoms with Crippen LogP contribution in [0.2, 0.25) is 0 Å². The van der Waals surface area contributed by atoms with Crippen molar-refractivity contribution in [2.45, 2.75) is 24.9 Å². The molecule has 0 unspecified atom stereocenters. The molecule has 2 aliphatic heterocycles. The molecule has 1 aromatic heterocycles. The molecule has 1 saturated heterocycles. The summed E-state index contributed by atoms with van der Waals surface area (Å²) in [5.41, 5.74) is 1.02. The Hall–Kier alpha value is -3.09.